The van der Waals surface area contributed by atoms with E-state index in [4.69, 9.17) is 11.5 Å². The van der Waals surface area contributed by atoms with Crippen molar-refractivity contribution in [3.8, 4) is 12.3 Å². The van der Waals surface area contributed by atoms with E-state index in [0.29, 0.717) is 13.0 Å². The molecule has 0 aliphatic heterocycles. The van der Waals surface area contributed by atoms with E-state index in [1.165, 1.54) is 12.1 Å². The Morgan fingerprint density at radius 2 is 2.00 bits per heavy atom. The van der Waals surface area contributed by atoms with Gasteiger partial charge in [-0.3, -0.25) is 0 Å². The van der Waals surface area contributed by atoms with Crippen LogP contribution in [-0.4, -0.2) is 29.7 Å². The molecule has 5 nitrogen and oxygen atoms in total. The van der Waals surface area contributed by atoms with Gasteiger partial charge in [0.2, 0.25) is 0 Å². The van der Waals surface area contributed by atoms with E-state index >= 15 is 0 Å². The molecule has 0 fully saturated rings. The van der Waals surface area contributed by atoms with Crippen molar-refractivity contribution in [1.29, 1.82) is 0 Å². The van der Waals surface area contributed by atoms with Gasteiger partial charge in [0.1, 0.15) is 11.9 Å². The average molecular weight is 278 g/mol. The number of nitrogens with one attached hydrogen (secondary N) is 2. The van der Waals surface area contributed by atoms with Crippen molar-refractivity contribution in [2.75, 3.05) is 6.54 Å². The zero-order chi connectivity index (χ0) is 15.0. The fraction of sp³-hybridized carbons (Fsp3) is 0.286. The van der Waals surface area contributed by atoms with Crippen molar-refractivity contribution in [3.63, 3.8) is 0 Å². The first-order valence-electron chi connectivity index (χ1n) is 5.98. The summed E-state index contributed by atoms with van der Waals surface area (Å²) in [5, 5.41) is 13.6. The van der Waals surface area contributed by atoms with Crippen LogP contribution in [0.5, 0.6) is 0 Å². The van der Waals surface area contributed by atoms with Crippen LogP contribution in [0.3, 0.4) is 0 Å². The zero-order valence-electron chi connectivity index (χ0n) is 10.7. The molecule has 1 aromatic carbocycles. The van der Waals surface area contributed by atoms with Gasteiger partial charge in [0.15, 0.2) is 0 Å². The highest BCUT2D eigenvalue weighted by Crippen LogP contribution is 2.02. The minimum absolute atomic E-state index is 0.0826. The van der Waals surface area contributed by atoms with E-state index in [1.54, 1.807) is 12.1 Å². The van der Waals surface area contributed by atoms with Crippen LogP contribution in [0.15, 0.2) is 24.3 Å². The van der Waals surface area contributed by atoms with Crippen molar-refractivity contribution < 1.29 is 19.1 Å². The number of amides is 2. The number of carboxylic acids is 1. The number of hydrogen-bond donors (Lipinski definition) is 3. The number of halogens is 1. The second kappa shape index (κ2) is 7.79. The highest BCUT2D eigenvalue weighted by molar-refractivity contribution is 5.82. The quantitative estimate of drug-likeness (QED) is 0.683. The Balaban J connectivity index is 2.34. The predicted octanol–water partition coefficient (Wildman–Crippen LogP) is 1.14. The molecule has 1 atom stereocenters. The maximum Gasteiger partial charge on any atom is 0.327 e. The van der Waals surface area contributed by atoms with Gasteiger partial charge in [0.25, 0.3) is 0 Å². The summed E-state index contributed by atoms with van der Waals surface area (Å²) >= 11 is 0. The van der Waals surface area contributed by atoms with Crippen molar-refractivity contribution in [2.24, 2.45) is 0 Å². The van der Waals surface area contributed by atoms with Gasteiger partial charge < -0.3 is 15.7 Å². The molecule has 0 aliphatic carbocycles. The zero-order valence-corrected chi connectivity index (χ0v) is 10.7. The summed E-state index contributed by atoms with van der Waals surface area (Å²) in [6, 6.07) is 4.20. The van der Waals surface area contributed by atoms with E-state index < -0.39 is 18.0 Å². The smallest absolute Gasteiger partial charge is 0.327 e. The summed E-state index contributed by atoms with van der Waals surface area (Å²) in [6.07, 6.45) is 5.45. The van der Waals surface area contributed by atoms with Crippen LogP contribution in [0, 0.1) is 18.2 Å². The predicted molar refractivity (Wildman–Crippen MR) is 71.5 cm³/mol. The molecule has 0 saturated heterocycles. The lowest BCUT2D eigenvalue weighted by Gasteiger charge is -2.12. The van der Waals surface area contributed by atoms with Crippen LogP contribution in [0.2, 0.25) is 0 Å². The molecular weight excluding hydrogens is 263 g/mol. The number of urea groups is 1. The molecule has 2 amide bonds. The standard InChI is InChI=1S/C14H15FN2O3/c1-2-3-12(13(18)19)17-14(20)16-9-8-10-4-6-11(15)7-5-10/h1,4-7,12H,3,8-9H2,(H,18,19)(H2,16,17,20). The van der Waals surface area contributed by atoms with E-state index in [0.717, 1.165) is 5.56 Å². The second-order valence-corrected chi connectivity index (χ2v) is 4.08. The summed E-state index contributed by atoms with van der Waals surface area (Å²) in [5.41, 5.74) is 0.866. The lowest BCUT2D eigenvalue weighted by Crippen LogP contribution is -2.46. The molecule has 1 rings (SSSR count). The summed E-state index contributed by atoms with van der Waals surface area (Å²) in [7, 11) is 0. The average Bonchev–Trinajstić information content (AvgIpc) is 2.40. The van der Waals surface area contributed by atoms with Gasteiger partial charge in [0, 0.05) is 13.0 Å². The molecule has 1 unspecified atom stereocenters. The highest BCUT2D eigenvalue weighted by Gasteiger charge is 2.18. The van der Waals surface area contributed by atoms with Crippen molar-refractivity contribution in [1.82, 2.24) is 10.6 Å². The number of hydrogen-bond acceptors (Lipinski definition) is 2. The molecule has 0 aromatic heterocycles. The van der Waals surface area contributed by atoms with Gasteiger partial charge >= 0.3 is 12.0 Å². The molecule has 20 heavy (non-hydrogen) atoms. The van der Waals surface area contributed by atoms with Crippen molar-refractivity contribution in [2.45, 2.75) is 18.9 Å². The van der Waals surface area contributed by atoms with Crippen molar-refractivity contribution in [3.05, 3.63) is 35.6 Å². The Morgan fingerprint density at radius 3 is 2.55 bits per heavy atom. The summed E-state index contributed by atoms with van der Waals surface area (Å²) in [6.45, 7) is 0.305. The molecule has 3 N–H and O–H groups in total. The first-order chi connectivity index (χ1) is 9.52. The van der Waals surface area contributed by atoms with E-state index in [-0.39, 0.29) is 12.2 Å². The number of aliphatic carboxylic acids is 1. The Morgan fingerprint density at radius 1 is 1.35 bits per heavy atom. The SMILES string of the molecule is C#CCC(NC(=O)NCCc1ccc(F)cc1)C(=O)O. The van der Waals surface area contributed by atoms with Crippen LogP contribution in [-0.2, 0) is 11.2 Å². The monoisotopic (exact) mass is 278 g/mol. The third-order valence-electron chi connectivity index (χ3n) is 2.54. The third-order valence-corrected chi connectivity index (χ3v) is 2.54. The van der Waals surface area contributed by atoms with Gasteiger partial charge in [-0.15, -0.1) is 12.3 Å². The molecule has 0 bridgehead atoms. The number of carbonyl (C=O) groups is 2. The Kier molecular flexibility index (Phi) is 6.04. The number of rotatable bonds is 6. The second-order valence-electron chi connectivity index (χ2n) is 4.08. The Labute approximate surface area is 116 Å². The van der Waals surface area contributed by atoms with Crippen LogP contribution >= 0.6 is 0 Å². The molecule has 6 heteroatoms. The van der Waals surface area contributed by atoms with Crippen LogP contribution in [0.1, 0.15) is 12.0 Å². The number of carboxylic acid groups (broad SMARTS) is 1. The minimum atomic E-state index is -1.18. The molecule has 106 valence electrons. The number of benzene rings is 1. The Hall–Kier alpha value is -2.55. The van der Waals surface area contributed by atoms with Gasteiger partial charge in [-0.25, -0.2) is 14.0 Å². The summed E-state index contributed by atoms with van der Waals surface area (Å²) in [4.78, 5) is 22.2. The normalized spacial score (nSPS) is 11.2. The molecule has 0 heterocycles. The van der Waals surface area contributed by atoms with E-state index in [9.17, 15) is 14.0 Å². The maximum atomic E-state index is 12.7. The van der Waals surface area contributed by atoms with Gasteiger partial charge in [-0.1, -0.05) is 12.1 Å². The fourth-order valence-electron chi connectivity index (χ4n) is 1.50. The number of carbonyl (C=O) groups excluding carboxylic acids is 1. The molecule has 0 aliphatic rings. The first kappa shape index (κ1) is 15.5. The van der Waals surface area contributed by atoms with Crippen LogP contribution < -0.4 is 10.6 Å². The minimum Gasteiger partial charge on any atom is -0.480 e. The third kappa shape index (κ3) is 5.40. The molecule has 0 spiro atoms. The molecule has 0 radical (unpaired) electrons. The largest absolute Gasteiger partial charge is 0.480 e. The maximum absolute atomic E-state index is 12.7. The molecular formula is C14H15FN2O3. The van der Waals surface area contributed by atoms with Crippen LogP contribution in [0.4, 0.5) is 9.18 Å². The lowest BCUT2D eigenvalue weighted by atomic mass is 10.1. The Bertz CT molecular complexity index is 508. The fourth-order valence-corrected chi connectivity index (χ4v) is 1.50. The molecule has 0 saturated carbocycles. The van der Waals surface area contributed by atoms with Gasteiger partial charge in [0.05, 0.1) is 0 Å². The van der Waals surface area contributed by atoms with Crippen LogP contribution in [0.25, 0.3) is 0 Å². The van der Waals surface area contributed by atoms with E-state index in [1.807, 2.05) is 0 Å². The lowest BCUT2D eigenvalue weighted by molar-refractivity contribution is -0.139. The first-order valence-corrected chi connectivity index (χ1v) is 5.98. The topological polar surface area (TPSA) is 78.4 Å². The van der Waals surface area contributed by atoms with Crippen molar-refractivity contribution >= 4 is 12.0 Å². The number of terminal acetylenes is 1. The summed E-state index contributed by atoms with van der Waals surface area (Å²) < 4.78 is 12.7. The highest BCUT2D eigenvalue weighted by atomic mass is 19.1. The van der Waals surface area contributed by atoms with E-state index in [2.05, 4.69) is 16.6 Å². The van der Waals surface area contributed by atoms with Gasteiger partial charge in [-0.2, -0.15) is 0 Å². The molecule has 1 aromatic rings. The van der Waals surface area contributed by atoms with Gasteiger partial charge in [-0.05, 0) is 24.1 Å². The summed E-state index contributed by atoms with van der Waals surface area (Å²) in [5.74, 6) is 0.678.